The second-order valence-electron chi connectivity index (χ2n) is 9.10. The summed E-state index contributed by atoms with van der Waals surface area (Å²) in [6.07, 6.45) is -2.68. The van der Waals surface area contributed by atoms with Crippen molar-refractivity contribution in [3.63, 3.8) is 0 Å². The zero-order chi connectivity index (χ0) is 22.3. The molecule has 0 aromatic heterocycles. The summed E-state index contributed by atoms with van der Waals surface area (Å²) in [4.78, 5) is 14.5. The Morgan fingerprint density at radius 1 is 1.00 bits per heavy atom. The molecule has 5 rings (SSSR count). The van der Waals surface area contributed by atoms with Crippen molar-refractivity contribution in [3.8, 4) is 0 Å². The van der Waals surface area contributed by atoms with Crippen LogP contribution in [0.4, 0.5) is 0 Å². The van der Waals surface area contributed by atoms with Gasteiger partial charge in [0.15, 0.2) is 12.1 Å². The lowest BCUT2D eigenvalue weighted by atomic mass is 10.00. The zero-order valence-corrected chi connectivity index (χ0v) is 18.3. The highest BCUT2D eigenvalue weighted by Crippen LogP contribution is 2.42. The van der Waals surface area contributed by atoms with Gasteiger partial charge in [-0.3, -0.25) is 4.79 Å². The van der Waals surface area contributed by atoms with Gasteiger partial charge in [0.25, 0.3) is 5.91 Å². The Morgan fingerprint density at radius 3 is 2.34 bits per heavy atom. The quantitative estimate of drug-likeness (QED) is 0.746. The Hall–Kier alpha value is -2.29. The molecule has 6 atom stereocenters. The lowest BCUT2D eigenvalue weighted by Gasteiger charge is -2.33. The summed E-state index contributed by atoms with van der Waals surface area (Å²) in [5.74, 6) is -1.06. The molecule has 32 heavy (non-hydrogen) atoms. The molecule has 0 spiro atoms. The van der Waals surface area contributed by atoms with Crippen LogP contribution in [0, 0.1) is 0 Å². The molecule has 1 amide bonds. The van der Waals surface area contributed by atoms with Crippen LogP contribution in [-0.2, 0) is 36.9 Å². The predicted octanol–water partition coefficient (Wildman–Crippen LogP) is 2.61. The molecule has 3 aliphatic heterocycles. The molecular formula is C25H29NO6. The molecule has 2 aromatic carbocycles. The van der Waals surface area contributed by atoms with Crippen LogP contribution < -0.4 is 0 Å². The van der Waals surface area contributed by atoms with Gasteiger partial charge in [0, 0.05) is 13.0 Å². The highest BCUT2D eigenvalue weighted by atomic mass is 16.8. The number of nitrogens with zero attached hydrogens (tertiary/aromatic N) is 1. The van der Waals surface area contributed by atoms with Crippen LogP contribution >= 0.6 is 0 Å². The number of carbonyl (C=O) groups is 1. The number of aliphatic hydroxyl groups excluding tert-OH is 1. The summed E-state index contributed by atoms with van der Waals surface area (Å²) in [5.41, 5.74) is 2.03. The molecule has 0 radical (unpaired) electrons. The van der Waals surface area contributed by atoms with Gasteiger partial charge in [0.2, 0.25) is 0 Å². The van der Waals surface area contributed by atoms with Crippen molar-refractivity contribution in [1.29, 1.82) is 0 Å². The standard InChI is InChI=1S/C25H29NO6/c1-25(2)31-22-21(29-15-17-11-7-4-8-12-17)20(30-24(22)32-25)18-13-19(27)23(28)26(18)14-16-9-5-3-6-10-16/h3-12,18-22,24,27H,13-15H2,1-2H3/t18-,19-,20-,21+,22-,24-/m1/s1. The fourth-order valence-electron chi connectivity index (χ4n) is 4.87. The van der Waals surface area contributed by atoms with E-state index in [1.54, 1.807) is 4.90 Å². The Balaban J connectivity index is 1.39. The number of amides is 1. The van der Waals surface area contributed by atoms with E-state index in [2.05, 4.69) is 0 Å². The van der Waals surface area contributed by atoms with Gasteiger partial charge < -0.3 is 29.0 Å². The first-order valence-corrected chi connectivity index (χ1v) is 11.1. The van der Waals surface area contributed by atoms with Crippen LogP contribution in [0.25, 0.3) is 0 Å². The Labute approximate surface area is 187 Å². The summed E-state index contributed by atoms with van der Waals surface area (Å²) in [6.45, 7) is 4.49. The molecule has 7 heteroatoms. The number of rotatable bonds is 6. The molecule has 0 unspecified atom stereocenters. The summed E-state index contributed by atoms with van der Waals surface area (Å²) in [7, 11) is 0. The number of aliphatic hydroxyl groups is 1. The molecule has 170 valence electrons. The van der Waals surface area contributed by atoms with Gasteiger partial charge in [-0.15, -0.1) is 0 Å². The van der Waals surface area contributed by atoms with Crippen LogP contribution in [-0.4, -0.2) is 58.4 Å². The topological polar surface area (TPSA) is 77.5 Å². The van der Waals surface area contributed by atoms with Gasteiger partial charge in [-0.2, -0.15) is 0 Å². The molecule has 3 fully saturated rings. The molecular weight excluding hydrogens is 410 g/mol. The number of benzene rings is 2. The average Bonchev–Trinajstić information content (AvgIpc) is 3.36. The van der Waals surface area contributed by atoms with E-state index >= 15 is 0 Å². The average molecular weight is 440 g/mol. The van der Waals surface area contributed by atoms with Crippen molar-refractivity contribution < 1.29 is 28.8 Å². The van der Waals surface area contributed by atoms with E-state index in [1.165, 1.54) is 0 Å². The molecule has 1 N–H and O–H groups in total. The first kappa shape index (κ1) is 21.6. The molecule has 3 aliphatic rings. The summed E-state index contributed by atoms with van der Waals surface area (Å²) < 4.78 is 24.7. The normalized spacial score (nSPS) is 33.6. The minimum absolute atomic E-state index is 0.282. The van der Waals surface area contributed by atoms with E-state index in [-0.39, 0.29) is 18.4 Å². The Kier molecular flexibility index (Phi) is 5.77. The van der Waals surface area contributed by atoms with Crippen LogP contribution in [0.3, 0.4) is 0 Å². The van der Waals surface area contributed by atoms with Crippen LogP contribution in [0.1, 0.15) is 31.4 Å². The third-order valence-corrected chi connectivity index (χ3v) is 6.32. The van der Waals surface area contributed by atoms with E-state index in [0.717, 1.165) is 11.1 Å². The minimum Gasteiger partial charge on any atom is -0.383 e. The lowest BCUT2D eigenvalue weighted by Crippen LogP contribution is -2.48. The smallest absolute Gasteiger partial charge is 0.252 e. The van der Waals surface area contributed by atoms with Crippen molar-refractivity contribution in [2.75, 3.05) is 0 Å². The summed E-state index contributed by atoms with van der Waals surface area (Å²) in [5, 5.41) is 10.4. The number of carbonyl (C=O) groups excluding carboxylic acids is 1. The lowest BCUT2D eigenvalue weighted by molar-refractivity contribution is -0.225. The number of likely N-dealkylation sites (tertiary alicyclic amines) is 1. The van der Waals surface area contributed by atoms with Crippen molar-refractivity contribution in [2.24, 2.45) is 0 Å². The van der Waals surface area contributed by atoms with Crippen molar-refractivity contribution in [1.82, 2.24) is 4.90 Å². The van der Waals surface area contributed by atoms with Crippen LogP contribution in [0.2, 0.25) is 0 Å². The van der Waals surface area contributed by atoms with Crippen LogP contribution in [0.15, 0.2) is 60.7 Å². The third kappa shape index (κ3) is 4.19. The fraction of sp³-hybridized carbons (Fsp3) is 0.480. The van der Waals surface area contributed by atoms with E-state index < -0.39 is 36.5 Å². The van der Waals surface area contributed by atoms with Crippen LogP contribution in [0.5, 0.6) is 0 Å². The SMILES string of the molecule is CC1(C)O[C@H]2O[C@H]([C@H]3C[C@@H](O)C(=O)N3Cc3ccccc3)[C@H](OCc3ccccc3)[C@H]2O1. The Bertz CT molecular complexity index is 936. The molecule has 0 aliphatic carbocycles. The van der Waals surface area contributed by atoms with Gasteiger partial charge in [-0.05, 0) is 25.0 Å². The van der Waals surface area contributed by atoms with Gasteiger partial charge in [-0.1, -0.05) is 60.7 Å². The molecule has 3 saturated heterocycles. The molecule has 2 aromatic rings. The van der Waals surface area contributed by atoms with Crippen molar-refractivity contribution in [2.45, 2.75) is 76.0 Å². The highest BCUT2D eigenvalue weighted by molar-refractivity contribution is 5.83. The summed E-state index contributed by atoms with van der Waals surface area (Å²) >= 11 is 0. The monoisotopic (exact) mass is 439 g/mol. The third-order valence-electron chi connectivity index (χ3n) is 6.32. The maximum Gasteiger partial charge on any atom is 0.252 e. The maximum atomic E-state index is 12.8. The first-order chi connectivity index (χ1) is 15.4. The first-order valence-electron chi connectivity index (χ1n) is 11.1. The summed E-state index contributed by atoms with van der Waals surface area (Å²) in [6, 6.07) is 19.3. The number of ether oxygens (including phenoxy) is 4. The molecule has 3 heterocycles. The number of fused-ring (bicyclic) bond motifs is 1. The van der Waals surface area contributed by atoms with E-state index in [9.17, 15) is 9.90 Å². The molecule has 0 saturated carbocycles. The number of hydrogen-bond acceptors (Lipinski definition) is 6. The minimum atomic E-state index is -1.05. The fourth-order valence-corrected chi connectivity index (χ4v) is 4.87. The second-order valence-corrected chi connectivity index (χ2v) is 9.10. The second kappa shape index (κ2) is 8.57. The van der Waals surface area contributed by atoms with Crippen molar-refractivity contribution >= 4 is 5.91 Å². The Morgan fingerprint density at radius 2 is 1.66 bits per heavy atom. The number of hydrogen-bond donors (Lipinski definition) is 1. The van der Waals surface area contributed by atoms with E-state index in [0.29, 0.717) is 13.2 Å². The molecule has 0 bridgehead atoms. The van der Waals surface area contributed by atoms with Gasteiger partial charge in [0.1, 0.15) is 24.4 Å². The highest BCUT2D eigenvalue weighted by Gasteiger charge is 2.59. The van der Waals surface area contributed by atoms with Gasteiger partial charge in [0.05, 0.1) is 12.6 Å². The van der Waals surface area contributed by atoms with E-state index in [4.69, 9.17) is 18.9 Å². The van der Waals surface area contributed by atoms with Gasteiger partial charge >= 0.3 is 0 Å². The largest absolute Gasteiger partial charge is 0.383 e. The van der Waals surface area contributed by atoms with Crippen molar-refractivity contribution in [3.05, 3.63) is 71.8 Å². The molecule has 7 nitrogen and oxygen atoms in total. The predicted molar refractivity (Wildman–Crippen MR) is 115 cm³/mol. The van der Waals surface area contributed by atoms with Gasteiger partial charge in [-0.25, -0.2) is 0 Å². The maximum absolute atomic E-state index is 12.8. The van der Waals surface area contributed by atoms with E-state index in [1.807, 2.05) is 74.5 Å². The zero-order valence-electron chi connectivity index (χ0n) is 18.3.